The minimum Gasteiger partial charge on any atom is -0.493 e. The molecular weight excluding hydrogens is 400 g/mol. The van der Waals surface area contributed by atoms with Gasteiger partial charge in [-0.3, -0.25) is 14.8 Å². The largest absolute Gasteiger partial charge is 0.493 e. The second kappa shape index (κ2) is 7.30. The molecular formula is C27H24N2O3. The quantitative estimate of drug-likeness (QED) is 0.462. The zero-order valence-electron chi connectivity index (χ0n) is 18.0. The van der Waals surface area contributed by atoms with Crippen molar-refractivity contribution < 1.29 is 14.6 Å². The number of aliphatic carboxylic acids is 1. The predicted octanol–water partition coefficient (Wildman–Crippen LogP) is 5.59. The number of aryl methyl sites for hydroxylation is 1. The van der Waals surface area contributed by atoms with E-state index in [1.165, 1.54) is 24.8 Å². The van der Waals surface area contributed by atoms with Gasteiger partial charge >= 0.3 is 5.97 Å². The maximum absolute atomic E-state index is 11.8. The van der Waals surface area contributed by atoms with Gasteiger partial charge in [-0.1, -0.05) is 12.5 Å². The molecule has 2 aromatic heterocycles. The molecule has 6 rings (SSSR count). The van der Waals surface area contributed by atoms with Gasteiger partial charge in [-0.2, -0.15) is 0 Å². The fourth-order valence-electron chi connectivity index (χ4n) is 5.19. The van der Waals surface area contributed by atoms with Crippen molar-refractivity contribution in [2.75, 3.05) is 6.61 Å². The predicted molar refractivity (Wildman–Crippen MR) is 124 cm³/mol. The molecule has 0 spiro atoms. The van der Waals surface area contributed by atoms with Crippen molar-refractivity contribution in [2.45, 2.75) is 44.9 Å². The Bertz CT molecular complexity index is 1400. The Morgan fingerprint density at radius 1 is 1.19 bits per heavy atom. The zero-order chi connectivity index (χ0) is 21.8. The smallest absolute Gasteiger partial charge is 0.307 e. The number of pyridine rings is 2. The summed E-state index contributed by atoms with van der Waals surface area (Å²) in [7, 11) is 0. The number of aromatic nitrogens is 2. The fraction of sp³-hybridized carbons (Fsp3) is 0.296. The van der Waals surface area contributed by atoms with Crippen molar-refractivity contribution in [1.29, 1.82) is 0 Å². The Balaban J connectivity index is 1.67. The van der Waals surface area contributed by atoms with E-state index in [0.29, 0.717) is 12.5 Å². The van der Waals surface area contributed by atoms with Crippen LogP contribution in [-0.4, -0.2) is 27.7 Å². The molecule has 3 heterocycles. The maximum atomic E-state index is 11.8. The maximum Gasteiger partial charge on any atom is 0.307 e. The molecule has 4 aromatic rings. The first kappa shape index (κ1) is 19.2. The van der Waals surface area contributed by atoms with Crippen LogP contribution in [0.2, 0.25) is 0 Å². The molecule has 2 aliphatic rings. The lowest BCUT2D eigenvalue weighted by Crippen LogP contribution is -2.11. The Labute approximate surface area is 186 Å². The molecule has 1 N–H and O–H groups in total. The van der Waals surface area contributed by atoms with Crippen LogP contribution in [0.4, 0.5) is 0 Å². The van der Waals surface area contributed by atoms with Gasteiger partial charge < -0.3 is 9.84 Å². The lowest BCUT2D eigenvalue weighted by molar-refractivity contribution is -0.136. The number of hydrogen-bond donors (Lipinski definition) is 1. The van der Waals surface area contributed by atoms with Crippen LogP contribution in [-0.2, 0) is 17.6 Å². The number of carbonyl (C=O) groups is 1. The van der Waals surface area contributed by atoms with Crippen molar-refractivity contribution in [3.05, 3.63) is 65.0 Å². The number of hydrogen-bond acceptors (Lipinski definition) is 4. The Hall–Kier alpha value is -3.47. The summed E-state index contributed by atoms with van der Waals surface area (Å²) in [6, 6.07) is 12.4. The number of fused-ring (bicyclic) bond motifs is 1. The first-order valence-electron chi connectivity index (χ1n) is 11.3. The van der Waals surface area contributed by atoms with E-state index in [9.17, 15) is 9.90 Å². The highest BCUT2D eigenvalue weighted by molar-refractivity contribution is 6.07. The Morgan fingerprint density at radius 2 is 2.06 bits per heavy atom. The van der Waals surface area contributed by atoms with Gasteiger partial charge in [-0.05, 0) is 72.4 Å². The average Bonchev–Trinajstić information content (AvgIpc) is 2.74. The number of carboxylic acids is 1. The van der Waals surface area contributed by atoms with E-state index >= 15 is 0 Å². The first-order chi connectivity index (χ1) is 15.6. The molecule has 1 aliphatic heterocycles. The SMILES string of the molecule is Cc1cc2nc(C3CCC3)ccc2c(-c2ccc3c4c(ccnc24)CCO3)c1CC(=O)O. The van der Waals surface area contributed by atoms with Gasteiger partial charge in [0.15, 0.2) is 0 Å². The summed E-state index contributed by atoms with van der Waals surface area (Å²) in [5.74, 6) is 0.549. The van der Waals surface area contributed by atoms with Crippen LogP contribution >= 0.6 is 0 Å². The number of carboxylic acid groups (broad SMARTS) is 1. The molecule has 5 nitrogen and oxygen atoms in total. The molecule has 1 aliphatic carbocycles. The zero-order valence-corrected chi connectivity index (χ0v) is 18.0. The van der Waals surface area contributed by atoms with Crippen molar-refractivity contribution in [2.24, 2.45) is 0 Å². The van der Waals surface area contributed by atoms with Crippen LogP contribution < -0.4 is 4.74 Å². The number of benzene rings is 2. The molecule has 2 aromatic carbocycles. The third-order valence-corrected chi connectivity index (χ3v) is 7.04. The Kier molecular flexibility index (Phi) is 4.39. The molecule has 32 heavy (non-hydrogen) atoms. The molecule has 0 atom stereocenters. The van der Waals surface area contributed by atoms with Gasteiger partial charge in [-0.25, -0.2) is 0 Å². The topological polar surface area (TPSA) is 72.3 Å². The van der Waals surface area contributed by atoms with Gasteiger partial charge in [0.1, 0.15) is 5.75 Å². The molecule has 0 unspecified atom stereocenters. The van der Waals surface area contributed by atoms with Gasteiger partial charge in [0.2, 0.25) is 0 Å². The molecule has 0 radical (unpaired) electrons. The normalized spacial score (nSPS) is 15.5. The highest BCUT2D eigenvalue weighted by Gasteiger charge is 2.24. The molecule has 1 fully saturated rings. The van der Waals surface area contributed by atoms with Gasteiger partial charge in [0.05, 0.1) is 24.1 Å². The number of ether oxygens (including phenoxy) is 1. The molecule has 0 amide bonds. The minimum absolute atomic E-state index is 0.0408. The van der Waals surface area contributed by atoms with Crippen LogP contribution in [0.3, 0.4) is 0 Å². The third kappa shape index (κ3) is 2.95. The lowest BCUT2D eigenvalue weighted by atomic mass is 9.82. The number of rotatable bonds is 4. The lowest BCUT2D eigenvalue weighted by Gasteiger charge is -2.25. The highest BCUT2D eigenvalue weighted by Crippen LogP contribution is 2.43. The van der Waals surface area contributed by atoms with Crippen LogP contribution in [0.15, 0.2) is 42.6 Å². The highest BCUT2D eigenvalue weighted by atomic mass is 16.5. The van der Waals surface area contributed by atoms with Crippen LogP contribution in [0, 0.1) is 6.92 Å². The second-order valence-corrected chi connectivity index (χ2v) is 8.95. The molecule has 0 bridgehead atoms. The van der Waals surface area contributed by atoms with E-state index in [4.69, 9.17) is 14.7 Å². The summed E-state index contributed by atoms with van der Waals surface area (Å²) in [4.78, 5) is 21.6. The minimum atomic E-state index is -0.841. The molecule has 0 saturated heterocycles. The molecule has 5 heteroatoms. The second-order valence-electron chi connectivity index (χ2n) is 8.95. The molecule has 160 valence electrons. The van der Waals surface area contributed by atoms with Gasteiger partial charge in [0.25, 0.3) is 0 Å². The van der Waals surface area contributed by atoms with E-state index in [2.05, 4.69) is 18.2 Å². The first-order valence-corrected chi connectivity index (χ1v) is 11.3. The van der Waals surface area contributed by atoms with E-state index < -0.39 is 5.97 Å². The Morgan fingerprint density at radius 3 is 2.84 bits per heavy atom. The third-order valence-electron chi connectivity index (χ3n) is 7.04. The van der Waals surface area contributed by atoms with E-state index in [1.54, 1.807) is 0 Å². The average molecular weight is 425 g/mol. The standard InChI is InChI=1S/C27H24N2O3/c1-15-13-22-18(5-7-21(29-22)16-3-2-4-16)26(20(15)14-24(30)31)19-6-8-23-25-17(10-12-32-23)9-11-28-27(19)25/h5-9,11,13,16H,2-4,10,12,14H2,1H3,(H,30,31). The van der Waals surface area contributed by atoms with Crippen LogP contribution in [0.25, 0.3) is 32.9 Å². The van der Waals surface area contributed by atoms with Crippen molar-refractivity contribution in [3.8, 4) is 16.9 Å². The van der Waals surface area contributed by atoms with Crippen LogP contribution in [0.5, 0.6) is 5.75 Å². The van der Waals surface area contributed by atoms with Gasteiger partial charge in [0, 0.05) is 40.6 Å². The van der Waals surface area contributed by atoms with Gasteiger partial charge in [-0.15, -0.1) is 0 Å². The number of nitrogens with zero attached hydrogens (tertiary/aromatic N) is 2. The summed E-state index contributed by atoms with van der Waals surface area (Å²) in [5.41, 5.74) is 7.79. The van der Waals surface area contributed by atoms with E-state index in [0.717, 1.165) is 61.9 Å². The van der Waals surface area contributed by atoms with Crippen molar-refractivity contribution >= 4 is 27.8 Å². The van der Waals surface area contributed by atoms with E-state index in [1.807, 2.05) is 31.3 Å². The van der Waals surface area contributed by atoms with Crippen LogP contribution in [0.1, 0.15) is 47.6 Å². The summed E-state index contributed by atoms with van der Waals surface area (Å²) in [6.45, 7) is 2.65. The summed E-state index contributed by atoms with van der Waals surface area (Å²) < 4.78 is 5.91. The monoisotopic (exact) mass is 424 g/mol. The van der Waals surface area contributed by atoms with Crippen molar-refractivity contribution in [1.82, 2.24) is 9.97 Å². The summed E-state index contributed by atoms with van der Waals surface area (Å²) >= 11 is 0. The fourth-order valence-corrected chi connectivity index (χ4v) is 5.19. The van der Waals surface area contributed by atoms with E-state index in [-0.39, 0.29) is 6.42 Å². The molecule has 1 saturated carbocycles. The summed E-state index contributed by atoms with van der Waals surface area (Å²) in [6.07, 6.45) is 6.30. The summed E-state index contributed by atoms with van der Waals surface area (Å²) in [5, 5.41) is 11.7. The van der Waals surface area contributed by atoms with Crippen molar-refractivity contribution in [3.63, 3.8) is 0 Å².